The van der Waals surface area contributed by atoms with Gasteiger partial charge >= 0.3 is 0 Å². The van der Waals surface area contributed by atoms with Gasteiger partial charge in [-0.1, -0.05) is 110 Å². The number of ether oxygens (including phenoxy) is 1. The molecule has 0 aliphatic carbocycles. The van der Waals surface area contributed by atoms with Gasteiger partial charge in [-0.25, -0.2) is 0 Å². The maximum Gasteiger partial charge on any atom is 0.108 e. The summed E-state index contributed by atoms with van der Waals surface area (Å²) in [7, 11) is 0.745. The fourth-order valence-electron chi connectivity index (χ4n) is 5.43. The molecule has 1 heterocycles. The number of rotatable bonds is 26. The Morgan fingerprint density at radius 1 is 0.500 bits per heavy atom. The fourth-order valence-corrected chi connectivity index (χ4v) is 7.88. The third-order valence-corrected chi connectivity index (χ3v) is 10.4. The molecule has 1 saturated heterocycles. The van der Waals surface area contributed by atoms with Crippen LogP contribution in [0.3, 0.4) is 0 Å². The van der Waals surface area contributed by atoms with Crippen molar-refractivity contribution < 1.29 is 4.74 Å². The predicted molar refractivity (Wildman–Crippen MR) is 158 cm³/mol. The van der Waals surface area contributed by atoms with Gasteiger partial charge in [0.25, 0.3) is 0 Å². The zero-order valence-corrected chi connectivity index (χ0v) is 24.7. The molecule has 0 bridgehead atoms. The monoisotopic (exact) mass is 497 g/mol. The molecule has 1 atom stereocenters. The molecule has 1 unspecified atom stereocenters. The Balaban J connectivity index is 1.84. The molecule has 1 rings (SSSR count). The second-order valence-corrected chi connectivity index (χ2v) is 13.7. The van der Waals surface area contributed by atoms with Gasteiger partial charge in [0.2, 0.25) is 0 Å². The molecule has 1 aliphatic rings. The summed E-state index contributed by atoms with van der Waals surface area (Å²) in [6.07, 6.45) is 36.6. The smallest absolute Gasteiger partial charge is 0.108 e. The van der Waals surface area contributed by atoms with Crippen LogP contribution >= 0.6 is 0 Å². The van der Waals surface area contributed by atoms with E-state index in [-0.39, 0.29) is 0 Å². The molecular formula is C32H65OS+. The van der Waals surface area contributed by atoms with Crippen molar-refractivity contribution in [3.05, 3.63) is 0 Å². The normalized spacial score (nSPS) is 16.5. The first-order valence-corrected chi connectivity index (χ1v) is 17.9. The SMILES string of the molecule is CCCCCC[S+](CCCCCC)CCCCCCCCCCCCCCCC1CCCCO1. The van der Waals surface area contributed by atoms with Gasteiger partial charge in [-0.2, -0.15) is 0 Å². The van der Waals surface area contributed by atoms with Crippen molar-refractivity contribution >= 4 is 10.9 Å². The zero-order valence-electron chi connectivity index (χ0n) is 23.9. The Hall–Kier alpha value is 0.310. The second kappa shape index (κ2) is 26.4. The largest absolute Gasteiger partial charge is 0.378 e. The lowest BCUT2D eigenvalue weighted by molar-refractivity contribution is 0.00977. The maximum atomic E-state index is 5.84. The second-order valence-electron chi connectivity index (χ2n) is 11.2. The molecular weight excluding hydrogens is 432 g/mol. The molecule has 34 heavy (non-hydrogen) atoms. The van der Waals surface area contributed by atoms with Crippen molar-refractivity contribution in [1.29, 1.82) is 0 Å². The highest BCUT2D eigenvalue weighted by Crippen LogP contribution is 2.19. The van der Waals surface area contributed by atoms with Gasteiger partial charge in [-0.3, -0.25) is 0 Å². The minimum absolute atomic E-state index is 0.599. The Bertz CT molecular complexity index is 367. The number of unbranched alkanes of at least 4 members (excludes halogenated alkanes) is 18. The predicted octanol–water partition coefficient (Wildman–Crippen LogP) is 10.8. The average molecular weight is 498 g/mol. The first-order valence-electron chi connectivity index (χ1n) is 16.1. The summed E-state index contributed by atoms with van der Waals surface area (Å²) in [5, 5.41) is 0. The van der Waals surface area contributed by atoms with Gasteiger partial charge in [-0.05, 0) is 75.1 Å². The number of hydrogen-bond acceptors (Lipinski definition) is 1. The van der Waals surface area contributed by atoms with Crippen molar-refractivity contribution in [2.45, 2.75) is 180 Å². The topological polar surface area (TPSA) is 9.23 Å². The van der Waals surface area contributed by atoms with E-state index in [2.05, 4.69) is 13.8 Å². The molecule has 0 amide bonds. The van der Waals surface area contributed by atoms with Crippen LogP contribution in [0.25, 0.3) is 0 Å². The van der Waals surface area contributed by atoms with E-state index in [1.54, 1.807) is 17.3 Å². The van der Waals surface area contributed by atoms with Crippen molar-refractivity contribution in [2.24, 2.45) is 0 Å². The summed E-state index contributed by atoms with van der Waals surface area (Å²) in [6, 6.07) is 0. The Kier molecular flexibility index (Phi) is 25.1. The first-order chi connectivity index (χ1) is 16.9. The van der Waals surface area contributed by atoms with E-state index in [0.29, 0.717) is 6.10 Å². The third-order valence-electron chi connectivity index (χ3n) is 7.81. The van der Waals surface area contributed by atoms with Crippen LogP contribution in [0.2, 0.25) is 0 Å². The molecule has 0 aromatic carbocycles. The summed E-state index contributed by atoms with van der Waals surface area (Å²) in [4.78, 5) is 0. The van der Waals surface area contributed by atoms with Crippen molar-refractivity contribution in [3.63, 3.8) is 0 Å². The highest BCUT2D eigenvalue weighted by atomic mass is 32.2. The van der Waals surface area contributed by atoms with Crippen LogP contribution < -0.4 is 0 Å². The standard InChI is InChI=1S/C32H65OS/c1-3-5-7-23-29-34(30-24-8-6-4-2)31-25-19-17-15-13-11-9-10-12-14-16-18-20-26-32-27-21-22-28-33-32/h32H,3-31H2,1-2H3/q+1. The van der Waals surface area contributed by atoms with E-state index in [4.69, 9.17) is 4.74 Å². The Morgan fingerprint density at radius 2 is 0.912 bits per heavy atom. The summed E-state index contributed by atoms with van der Waals surface area (Å²) >= 11 is 0. The Labute approximate surface area is 219 Å². The quantitative estimate of drug-likeness (QED) is 0.0852. The molecule has 0 N–H and O–H groups in total. The molecule has 0 spiro atoms. The van der Waals surface area contributed by atoms with Crippen LogP contribution in [0.15, 0.2) is 0 Å². The third kappa shape index (κ3) is 21.6. The van der Waals surface area contributed by atoms with Crippen LogP contribution in [0, 0.1) is 0 Å². The van der Waals surface area contributed by atoms with Gasteiger partial charge < -0.3 is 4.74 Å². The van der Waals surface area contributed by atoms with Gasteiger partial charge in [0.15, 0.2) is 0 Å². The van der Waals surface area contributed by atoms with Crippen LogP contribution in [0.4, 0.5) is 0 Å². The molecule has 0 saturated carbocycles. The van der Waals surface area contributed by atoms with Crippen LogP contribution in [-0.2, 0) is 15.6 Å². The lowest BCUT2D eigenvalue weighted by atomic mass is 10.0. The molecule has 204 valence electrons. The highest BCUT2D eigenvalue weighted by molar-refractivity contribution is 7.96. The van der Waals surface area contributed by atoms with E-state index >= 15 is 0 Å². The van der Waals surface area contributed by atoms with E-state index in [1.807, 2.05) is 0 Å². The average Bonchev–Trinajstić information content (AvgIpc) is 2.86. The van der Waals surface area contributed by atoms with Crippen LogP contribution in [0.1, 0.15) is 174 Å². The van der Waals surface area contributed by atoms with Crippen molar-refractivity contribution in [3.8, 4) is 0 Å². The van der Waals surface area contributed by atoms with Gasteiger partial charge in [0, 0.05) is 6.61 Å². The van der Waals surface area contributed by atoms with Gasteiger partial charge in [-0.15, -0.1) is 0 Å². The maximum absolute atomic E-state index is 5.84. The summed E-state index contributed by atoms with van der Waals surface area (Å²) in [5.74, 6) is 4.63. The first kappa shape index (κ1) is 32.3. The van der Waals surface area contributed by atoms with Crippen LogP contribution in [-0.4, -0.2) is 30.0 Å². The van der Waals surface area contributed by atoms with Crippen molar-refractivity contribution in [1.82, 2.24) is 0 Å². The molecule has 0 radical (unpaired) electrons. The molecule has 2 heteroatoms. The molecule has 1 fully saturated rings. The van der Waals surface area contributed by atoms with E-state index in [0.717, 1.165) is 17.5 Å². The molecule has 1 nitrogen and oxygen atoms in total. The summed E-state index contributed by atoms with van der Waals surface area (Å²) < 4.78 is 5.84. The van der Waals surface area contributed by atoms with Gasteiger partial charge in [0.1, 0.15) is 17.3 Å². The molecule has 1 aliphatic heterocycles. The minimum atomic E-state index is 0.599. The van der Waals surface area contributed by atoms with Crippen molar-refractivity contribution in [2.75, 3.05) is 23.9 Å². The van der Waals surface area contributed by atoms with Gasteiger partial charge in [0.05, 0.1) is 6.10 Å². The van der Waals surface area contributed by atoms with Crippen LogP contribution in [0.5, 0.6) is 0 Å². The van der Waals surface area contributed by atoms with E-state index < -0.39 is 0 Å². The lowest BCUT2D eigenvalue weighted by Gasteiger charge is -2.22. The highest BCUT2D eigenvalue weighted by Gasteiger charge is 2.16. The lowest BCUT2D eigenvalue weighted by Crippen LogP contribution is -2.18. The fraction of sp³-hybridized carbons (Fsp3) is 1.00. The molecule has 0 aromatic rings. The zero-order chi connectivity index (χ0) is 24.4. The summed E-state index contributed by atoms with van der Waals surface area (Å²) in [6.45, 7) is 5.69. The summed E-state index contributed by atoms with van der Waals surface area (Å²) in [5.41, 5.74) is 0. The molecule has 0 aromatic heterocycles. The van der Waals surface area contributed by atoms with E-state index in [9.17, 15) is 0 Å². The van der Waals surface area contributed by atoms with E-state index in [1.165, 1.54) is 161 Å². The number of hydrogen-bond donors (Lipinski definition) is 0. The minimum Gasteiger partial charge on any atom is -0.378 e. The Morgan fingerprint density at radius 3 is 1.32 bits per heavy atom.